The van der Waals surface area contributed by atoms with E-state index in [2.05, 4.69) is 42.6 Å². The Bertz CT molecular complexity index is 836. The molecule has 0 amide bonds. The summed E-state index contributed by atoms with van der Waals surface area (Å²) in [6.45, 7) is 4.15. The average molecular weight is 518 g/mol. The number of nitrogens with zero attached hydrogens (tertiary/aromatic N) is 3. The first-order valence-electron chi connectivity index (χ1n) is 8.36. The van der Waals surface area contributed by atoms with Crippen molar-refractivity contribution in [3.05, 3.63) is 57.6 Å². The summed E-state index contributed by atoms with van der Waals surface area (Å²) >= 11 is 7.57. The zero-order valence-electron chi connectivity index (χ0n) is 14.8. The van der Waals surface area contributed by atoms with Gasteiger partial charge in [-0.1, -0.05) is 16.8 Å². The summed E-state index contributed by atoms with van der Waals surface area (Å²) in [6.07, 6.45) is 0.615. The Morgan fingerprint density at radius 2 is 2.04 bits per heavy atom. The van der Waals surface area contributed by atoms with Crippen molar-refractivity contribution < 1.29 is 4.52 Å². The molecule has 6 nitrogen and oxygen atoms in total. The highest BCUT2D eigenvalue weighted by Crippen LogP contribution is 2.18. The van der Waals surface area contributed by atoms with Gasteiger partial charge >= 0.3 is 0 Å². The van der Waals surface area contributed by atoms with Crippen LogP contribution in [0.5, 0.6) is 0 Å². The number of aliphatic imine (C=N–C) groups is 1. The number of nitrogens with one attached hydrogen (secondary N) is 2. The normalized spacial score (nSPS) is 11.1. The number of thiophene rings is 1. The standard InChI is InChI=1S/C18H20ClN5OS.HI/c1-2-20-18(22-11-13-8-10-26-12-13)21-9-7-16-23-17(24-25-16)14-3-5-15(19)6-4-14;/h3-6,8,10,12H,2,7,9,11H2,1H3,(H2,20,21,22);1H. The Kier molecular flexibility index (Phi) is 9.02. The number of benzene rings is 1. The van der Waals surface area contributed by atoms with Crippen LogP contribution in [0, 0.1) is 0 Å². The molecule has 2 N–H and O–H groups in total. The van der Waals surface area contributed by atoms with Crippen LogP contribution in [0.1, 0.15) is 18.4 Å². The van der Waals surface area contributed by atoms with Crippen LogP contribution in [-0.4, -0.2) is 29.2 Å². The van der Waals surface area contributed by atoms with Gasteiger partial charge in [-0.25, -0.2) is 4.99 Å². The second kappa shape index (κ2) is 11.3. The lowest BCUT2D eigenvalue weighted by atomic mass is 10.2. The predicted molar refractivity (Wildman–Crippen MR) is 121 cm³/mol. The Balaban J connectivity index is 0.00000261. The van der Waals surface area contributed by atoms with Crippen LogP contribution in [0.4, 0.5) is 0 Å². The van der Waals surface area contributed by atoms with Crippen LogP contribution >= 0.6 is 46.9 Å². The zero-order chi connectivity index (χ0) is 18.2. The van der Waals surface area contributed by atoms with Gasteiger partial charge in [-0.2, -0.15) is 16.3 Å². The zero-order valence-corrected chi connectivity index (χ0v) is 18.7. The molecule has 2 heterocycles. The summed E-state index contributed by atoms with van der Waals surface area (Å²) < 4.78 is 5.32. The van der Waals surface area contributed by atoms with Gasteiger partial charge in [0.2, 0.25) is 11.7 Å². The third-order valence-corrected chi connectivity index (χ3v) is 4.53. The second-order valence-corrected chi connectivity index (χ2v) is 6.74. The van der Waals surface area contributed by atoms with Gasteiger partial charge in [0.15, 0.2) is 5.96 Å². The molecule has 0 saturated heterocycles. The highest BCUT2D eigenvalue weighted by Gasteiger charge is 2.08. The maximum atomic E-state index is 5.90. The number of rotatable bonds is 7. The maximum absolute atomic E-state index is 5.90. The lowest BCUT2D eigenvalue weighted by Crippen LogP contribution is -2.38. The minimum atomic E-state index is 0. The van der Waals surface area contributed by atoms with Gasteiger partial charge < -0.3 is 15.2 Å². The molecule has 3 aromatic rings. The van der Waals surface area contributed by atoms with E-state index in [1.807, 2.05) is 19.1 Å². The Labute approximate surface area is 184 Å². The molecule has 0 unspecified atom stereocenters. The van der Waals surface area contributed by atoms with Crippen LogP contribution in [-0.2, 0) is 13.0 Å². The first-order valence-corrected chi connectivity index (χ1v) is 9.68. The molecule has 9 heteroatoms. The van der Waals surface area contributed by atoms with E-state index >= 15 is 0 Å². The summed E-state index contributed by atoms with van der Waals surface area (Å²) in [6, 6.07) is 9.43. The molecule has 0 aliphatic heterocycles. The van der Waals surface area contributed by atoms with Gasteiger partial charge in [0.1, 0.15) is 0 Å². The van der Waals surface area contributed by atoms with Crippen molar-refractivity contribution in [3.63, 3.8) is 0 Å². The first-order chi connectivity index (χ1) is 12.7. The fourth-order valence-electron chi connectivity index (χ4n) is 2.26. The third-order valence-electron chi connectivity index (χ3n) is 3.55. The molecule has 0 radical (unpaired) electrons. The molecular weight excluding hydrogens is 497 g/mol. The minimum absolute atomic E-state index is 0. The van der Waals surface area contributed by atoms with Gasteiger partial charge in [-0.3, -0.25) is 0 Å². The predicted octanol–water partition coefficient (Wildman–Crippen LogP) is 4.37. The van der Waals surface area contributed by atoms with E-state index in [4.69, 9.17) is 16.1 Å². The monoisotopic (exact) mass is 517 g/mol. The van der Waals surface area contributed by atoms with E-state index in [0.29, 0.717) is 36.2 Å². The van der Waals surface area contributed by atoms with Gasteiger partial charge in [-0.15, -0.1) is 24.0 Å². The molecule has 144 valence electrons. The van der Waals surface area contributed by atoms with Crippen LogP contribution in [0.2, 0.25) is 5.02 Å². The molecule has 3 rings (SSSR count). The molecule has 0 aliphatic carbocycles. The molecule has 2 aromatic heterocycles. The van der Waals surface area contributed by atoms with E-state index in [1.54, 1.807) is 23.5 Å². The second-order valence-electron chi connectivity index (χ2n) is 5.52. The van der Waals surface area contributed by atoms with E-state index in [-0.39, 0.29) is 24.0 Å². The van der Waals surface area contributed by atoms with E-state index in [1.165, 1.54) is 5.56 Å². The molecule has 0 aliphatic rings. The maximum Gasteiger partial charge on any atom is 0.228 e. The number of aromatic nitrogens is 2. The van der Waals surface area contributed by atoms with Crippen molar-refractivity contribution in [2.45, 2.75) is 19.9 Å². The largest absolute Gasteiger partial charge is 0.357 e. The van der Waals surface area contributed by atoms with Crippen molar-refractivity contribution in [2.24, 2.45) is 4.99 Å². The minimum Gasteiger partial charge on any atom is -0.357 e. The third kappa shape index (κ3) is 6.78. The van der Waals surface area contributed by atoms with E-state index in [9.17, 15) is 0 Å². The Morgan fingerprint density at radius 1 is 1.22 bits per heavy atom. The summed E-state index contributed by atoms with van der Waals surface area (Å²) in [5, 5.41) is 15.4. The fraction of sp³-hybridized carbons (Fsp3) is 0.278. The van der Waals surface area contributed by atoms with Crippen LogP contribution in [0.15, 0.2) is 50.6 Å². The van der Waals surface area contributed by atoms with Gasteiger partial charge in [0.25, 0.3) is 0 Å². The highest BCUT2D eigenvalue weighted by molar-refractivity contribution is 14.0. The molecule has 0 saturated carbocycles. The quantitative estimate of drug-likeness (QED) is 0.277. The summed E-state index contributed by atoms with van der Waals surface area (Å²) in [4.78, 5) is 8.99. The number of halogens is 2. The van der Waals surface area contributed by atoms with Crippen molar-refractivity contribution in [1.29, 1.82) is 0 Å². The Morgan fingerprint density at radius 3 is 2.74 bits per heavy atom. The summed E-state index contributed by atoms with van der Waals surface area (Å²) in [5.41, 5.74) is 2.08. The molecule has 0 atom stereocenters. The van der Waals surface area contributed by atoms with Crippen LogP contribution < -0.4 is 10.6 Å². The molecule has 0 spiro atoms. The summed E-state index contributed by atoms with van der Waals surface area (Å²) in [5.74, 6) is 1.92. The number of hydrogen-bond donors (Lipinski definition) is 2. The molecule has 0 bridgehead atoms. The van der Waals surface area contributed by atoms with Gasteiger partial charge in [-0.05, 0) is 53.6 Å². The summed E-state index contributed by atoms with van der Waals surface area (Å²) in [7, 11) is 0. The number of guanidine groups is 1. The first kappa shape index (κ1) is 21.6. The highest BCUT2D eigenvalue weighted by atomic mass is 127. The smallest absolute Gasteiger partial charge is 0.228 e. The van der Waals surface area contributed by atoms with E-state index < -0.39 is 0 Å². The number of hydrogen-bond acceptors (Lipinski definition) is 5. The Hall–Kier alpha value is -1.65. The molecular formula is C18H21ClIN5OS. The van der Waals surface area contributed by atoms with Crippen molar-refractivity contribution in [2.75, 3.05) is 13.1 Å². The molecule has 0 fully saturated rings. The lowest BCUT2D eigenvalue weighted by molar-refractivity contribution is 0.378. The van der Waals surface area contributed by atoms with Crippen molar-refractivity contribution in [3.8, 4) is 11.4 Å². The average Bonchev–Trinajstić information content (AvgIpc) is 3.32. The van der Waals surface area contributed by atoms with Crippen LogP contribution in [0.3, 0.4) is 0 Å². The lowest BCUT2D eigenvalue weighted by Gasteiger charge is -2.09. The van der Waals surface area contributed by atoms with Crippen molar-refractivity contribution >= 4 is 52.9 Å². The van der Waals surface area contributed by atoms with Gasteiger partial charge in [0, 0.05) is 30.1 Å². The molecule has 27 heavy (non-hydrogen) atoms. The van der Waals surface area contributed by atoms with E-state index in [0.717, 1.165) is 18.1 Å². The topological polar surface area (TPSA) is 75.3 Å². The molecule has 1 aromatic carbocycles. The SMILES string of the molecule is CCNC(=NCc1ccsc1)NCCc1nc(-c2ccc(Cl)cc2)no1.I. The van der Waals surface area contributed by atoms with Gasteiger partial charge in [0.05, 0.1) is 6.54 Å². The van der Waals surface area contributed by atoms with Crippen molar-refractivity contribution in [1.82, 2.24) is 20.8 Å². The fourth-order valence-corrected chi connectivity index (χ4v) is 3.04. The van der Waals surface area contributed by atoms with Crippen LogP contribution in [0.25, 0.3) is 11.4 Å².